The lowest BCUT2D eigenvalue weighted by atomic mass is 10.2. The number of halogens is 4. The first-order valence-corrected chi connectivity index (χ1v) is 6.71. The molecule has 0 spiro atoms. The minimum Gasteiger partial charge on any atom is -0.270 e. The van der Waals surface area contributed by atoms with Crippen LogP contribution in [0.4, 0.5) is 13.2 Å². The van der Waals surface area contributed by atoms with Gasteiger partial charge in [-0.05, 0) is 43.3 Å². The third kappa shape index (κ3) is 2.35. The maximum absolute atomic E-state index is 12.6. The molecule has 1 N–H and O–H groups in total. The fourth-order valence-electron chi connectivity index (χ4n) is 2.02. The highest BCUT2D eigenvalue weighted by atomic mass is 35.5. The van der Waals surface area contributed by atoms with Crippen molar-refractivity contribution in [2.45, 2.75) is 24.9 Å². The average Bonchev–Trinajstić information content (AvgIpc) is 3.13. The molecule has 1 heterocycles. The molecule has 1 saturated carbocycles. The predicted molar refractivity (Wildman–Crippen MR) is 70.7 cm³/mol. The Balaban J connectivity index is 2.12. The summed E-state index contributed by atoms with van der Waals surface area (Å²) in [7, 11) is 0. The van der Waals surface area contributed by atoms with Crippen molar-refractivity contribution in [2.24, 2.45) is 0 Å². The summed E-state index contributed by atoms with van der Waals surface area (Å²) < 4.78 is 39.8. The SMILES string of the molecule is FC(F)(F)c1ccc(-n2c(C3CC3)n[nH]c2=S)c(Cl)c1. The van der Waals surface area contributed by atoms with Crippen LogP contribution in [0.25, 0.3) is 5.69 Å². The van der Waals surface area contributed by atoms with Crippen molar-refractivity contribution in [1.82, 2.24) is 14.8 Å². The molecule has 106 valence electrons. The van der Waals surface area contributed by atoms with Crippen molar-refractivity contribution in [3.05, 3.63) is 39.4 Å². The van der Waals surface area contributed by atoms with Gasteiger partial charge in [-0.2, -0.15) is 18.3 Å². The highest BCUT2D eigenvalue weighted by Gasteiger charge is 2.32. The smallest absolute Gasteiger partial charge is 0.270 e. The highest BCUT2D eigenvalue weighted by molar-refractivity contribution is 7.71. The highest BCUT2D eigenvalue weighted by Crippen LogP contribution is 2.41. The summed E-state index contributed by atoms with van der Waals surface area (Å²) in [5.41, 5.74) is -0.366. The fraction of sp³-hybridized carbons (Fsp3) is 0.333. The minimum absolute atomic E-state index is 0.000718. The van der Waals surface area contributed by atoms with Crippen molar-refractivity contribution in [1.29, 1.82) is 0 Å². The summed E-state index contributed by atoms with van der Waals surface area (Å²) in [5, 5.41) is 6.79. The van der Waals surface area contributed by atoms with E-state index < -0.39 is 11.7 Å². The maximum Gasteiger partial charge on any atom is 0.416 e. The maximum atomic E-state index is 12.6. The second-order valence-corrected chi connectivity index (χ2v) is 5.45. The van der Waals surface area contributed by atoms with E-state index in [2.05, 4.69) is 10.2 Å². The van der Waals surface area contributed by atoms with E-state index >= 15 is 0 Å². The van der Waals surface area contributed by atoms with E-state index in [1.807, 2.05) is 0 Å². The van der Waals surface area contributed by atoms with Gasteiger partial charge < -0.3 is 0 Å². The number of nitrogens with zero attached hydrogens (tertiary/aromatic N) is 2. The zero-order valence-corrected chi connectivity index (χ0v) is 11.6. The van der Waals surface area contributed by atoms with Crippen LogP contribution < -0.4 is 0 Å². The standard InChI is InChI=1S/C12H9ClF3N3S/c13-8-5-7(12(14,15)16)3-4-9(8)19-10(6-1-2-6)17-18-11(19)20/h3-6H,1-2H2,(H,18,20). The van der Waals surface area contributed by atoms with Crippen LogP contribution in [0.1, 0.15) is 30.1 Å². The molecular weight excluding hydrogens is 311 g/mol. The Kier molecular flexibility index (Phi) is 3.13. The molecule has 8 heteroatoms. The van der Waals surface area contributed by atoms with Crippen molar-refractivity contribution in [3.63, 3.8) is 0 Å². The Bertz CT molecular complexity index is 715. The van der Waals surface area contributed by atoms with Crippen LogP contribution in [0, 0.1) is 4.77 Å². The summed E-state index contributed by atoms with van der Waals surface area (Å²) in [6.07, 6.45) is -2.42. The second-order valence-electron chi connectivity index (χ2n) is 4.66. The van der Waals surface area contributed by atoms with Gasteiger partial charge >= 0.3 is 6.18 Å². The zero-order valence-electron chi connectivity index (χ0n) is 10.0. The summed E-state index contributed by atoms with van der Waals surface area (Å²) in [5.74, 6) is 1.01. The molecule has 0 unspecified atom stereocenters. The largest absolute Gasteiger partial charge is 0.416 e. The Morgan fingerprint density at radius 1 is 1.35 bits per heavy atom. The molecule has 0 atom stereocenters. The molecule has 1 aliphatic carbocycles. The van der Waals surface area contributed by atoms with Crippen LogP contribution in [0.3, 0.4) is 0 Å². The zero-order chi connectivity index (χ0) is 14.5. The van der Waals surface area contributed by atoms with E-state index in [0.29, 0.717) is 16.4 Å². The minimum atomic E-state index is -4.42. The molecule has 3 rings (SSSR count). The normalized spacial score (nSPS) is 15.6. The van der Waals surface area contributed by atoms with Gasteiger partial charge in [-0.25, -0.2) is 0 Å². The van der Waals surface area contributed by atoms with Gasteiger partial charge in [-0.1, -0.05) is 11.6 Å². The first kappa shape index (κ1) is 13.6. The molecule has 0 amide bonds. The summed E-state index contributed by atoms with van der Waals surface area (Å²) in [6.45, 7) is 0. The average molecular weight is 320 g/mol. The third-order valence-corrected chi connectivity index (χ3v) is 3.73. The van der Waals surface area contributed by atoms with Gasteiger partial charge in [-0.15, -0.1) is 0 Å². The summed E-state index contributed by atoms with van der Waals surface area (Å²) >= 11 is 11.1. The van der Waals surface area contributed by atoms with Gasteiger partial charge in [0.25, 0.3) is 0 Å². The number of benzene rings is 1. The summed E-state index contributed by atoms with van der Waals surface area (Å²) in [6, 6.07) is 3.22. The van der Waals surface area contributed by atoms with Crippen molar-refractivity contribution in [2.75, 3.05) is 0 Å². The monoisotopic (exact) mass is 319 g/mol. The molecule has 0 radical (unpaired) electrons. The van der Waals surface area contributed by atoms with Crippen molar-refractivity contribution < 1.29 is 13.2 Å². The number of rotatable bonds is 2. The van der Waals surface area contributed by atoms with E-state index in [1.165, 1.54) is 6.07 Å². The lowest BCUT2D eigenvalue weighted by Gasteiger charge is -2.11. The van der Waals surface area contributed by atoms with Crippen LogP contribution in [0.15, 0.2) is 18.2 Å². The number of hydrogen-bond acceptors (Lipinski definition) is 2. The number of alkyl halides is 3. The van der Waals surface area contributed by atoms with Crippen LogP contribution in [-0.4, -0.2) is 14.8 Å². The predicted octanol–water partition coefficient (Wildman–Crippen LogP) is 4.48. The molecular formula is C12H9ClF3N3S. The van der Waals surface area contributed by atoms with Crippen LogP contribution >= 0.6 is 23.8 Å². The molecule has 0 bridgehead atoms. The molecule has 0 aliphatic heterocycles. The molecule has 1 aromatic heterocycles. The first-order chi connectivity index (χ1) is 9.38. The van der Waals surface area contributed by atoms with Crippen LogP contribution in [0.2, 0.25) is 5.02 Å². The number of aromatic nitrogens is 3. The number of H-pyrrole nitrogens is 1. The fourth-order valence-corrected chi connectivity index (χ4v) is 2.52. The van der Waals surface area contributed by atoms with E-state index in [1.54, 1.807) is 4.57 Å². The van der Waals surface area contributed by atoms with Gasteiger partial charge in [-0.3, -0.25) is 9.67 Å². The lowest BCUT2D eigenvalue weighted by molar-refractivity contribution is -0.137. The van der Waals surface area contributed by atoms with E-state index in [9.17, 15) is 13.2 Å². The third-order valence-electron chi connectivity index (χ3n) is 3.16. The van der Waals surface area contributed by atoms with Gasteiger partial charge in [0.05, 0.1) is 16.3 Å². The molecule has 2 aromatic rings. The molecule has 3 nitrogen and oxygen atoms in total. The van der Waals surface area contributed by atoms with Crippen LogP contribution in [-0.2, 0) is 6.18 Å². The Hall–Kier alpha value is -1.34. The Morgan fingerprint density at radius 3 is 2.60 bits per heavy atom. The molecule has 0 saturated heterocycles. The number of aromatic amines is 1. The molecule has 20 heavy (non-hydrogen) atoms. The lowest BCUT2D eigenvalue weighted by Crippen LogP contribution is -2.07. The van der Waals surface area contributed by atoms with Crippen molar-refractivity contribution >= 4 is 23.8 Å². The van der Waals surface area contributed by atoms with Gasteiger partial charge in [0, 0.05) is 5.92 Å². The van der Waals surface area contributed by atoms with Crippen molar-refractivity contribution in [3.8, 4) is 5.69 Å². The molecule has 1 aliphatic rings. The Morgan fingerprint density at radius 2 is 2.05 bits per heavy atom. The van der Waals surface area contributed by atoms with E-state index in [0.717, 1.165) is 30.8 Å². The Labute approximate surface area is 122 Å². The number of hydrogen-bond donors (Lipinski definition) is 1. The van der Waals surface area contributed by atoms with E-state index in [-0.39, 0.29) is 5.02 Å². The molecule has 1 aromatic carbocycles. The van der Waals surface area contributed by atoms with Gasteiger partial charge in [0.1, 0.15) is 5.82 Å². The van der Waals surface area contributed by atoms with Crippen LogP contribution in [0.5, 0.6) is 0 Å². The van der Waals surface area contributed by atoms with E-state index in [4.69, 9.17) is 23.8 Å². The first-order valence-electron chi connectivity index (χ1n) is 5.92. The van der Waals surface area contributed by atoms with Gasteiger partial charge in [0.15, 0.2) is 4.77 Å². The second kappa shape index (κ2) is 4.60. The molecule has 1 fully saturated rings. The topological polar surface area (TPSA) is 33.6 Å². The summed E-state index contributed by atoms with van der Waals surface area (Å²) in [4.78, 5) is 0. The number of nitrogens with one attached hydrogen (secondary N) is 1. The van der Waals surface area contributed by atoms with Gasteiger partial charge in [0.2, 0.25) is 0 Å². The quantitative estimate of drug-likeness (QED) is 0.828.